The van der Waals surface area contributed by atoms with Crippen molar-refractivity contribution in [2.45, 2.75) is 463 Å². The molecule has 0 aliphatic carbocycles. The third kappa shape index (κ3) is 69.7. The zero-order chi connectivity index (χ0) is 60.6. The minimum Gasteiger partial charge on any atom is -0.466 e. The van der Waals surface area contributed by atoms with Gasteiger partial charge in [0, 0.05) is 12.8 Å². The van der Waals surface area contributed by atoms with Crippen LogP contribution in [0.5, 0.6) is 0 Å². The van der Waals surface area contributed by atoms with Crippen molar-refractivity contribution in [1.82, 2.24) is 5.32 Å². The van der Waals surface area contributed by atoms with E-state index in [0.29, 0.717) is 25.9 Å². The topological polar surface area (TPSA) is 95.9 Å². The number of amides is 1. The maximum absolute atomic E-state index is 12.6. The second-order valence-electron chi connectivity index (χ2n) is 27.0. The Morgan fingerprint density at radius 1 is 0.321 bits per heavy atom. The third-order valence-corrected chi connectivity index (χ3v) is 18.6. The highest BCUT2D eigenvalue weighted by molar-refractivity contribution is 5.76. The third-order valence-electron chi connectivity index (χ3n) is 18.6. The lowest BCUT2D eigenvalue weighted by Crippen LogP contribution is -2.45. The van der Waals surface area contributed by atoms with E-state index in [0.717, 1.165) is 44.9 Å². The molecule has 0 aromatic carbocycles. The summed E-state index contributed by atoms with van der Waals surface area (Å²) in [6.07, 6.45) is 92.9. The molecule has 0 spiro atoms. The number of rotatable bonds is 74. The predicted molar refractivity (Wildman–Crippen MR) is 370 cm³/mol. The average molecular weight is 1190 g/mol. The molecular weight excluding hydrogens is 1030 g/mol. The minimum atomic E-state index is -0.665. The first-order valence-corrected chi connectivity index (χ1v) is 38.9. The summed E-state index contributed by atoms with van der Waals surface area (Å²) >= 11 is 0. The largest absolute Gasteiger partial charge is 0.466 e. The number of unbranched alkanes of at least 4 members (excludes halogenated alkanes) is 61. The van der Waals surface area contributed by atoms with Gasteiger partial charge in [0.25, 0.3) is 0 Å². The summed E-state index contributed by atoms with van der Waals surface area (Å²) in [5.41, 5.74) is 0. The molecule has 1 amide bonds. The highest BCUT2D eigenvalue weighted by Crippen LogP contribution is 2.20. The van der Waals surface area contributed by atoms with E-state index in [2.05, 4.69) is 31.3 Å². The van der Waals surface area contributed by atoms with E-state index in [4.69, 9.17) is 4.74 Å². The van der Waals surface area contributed by atoms with E-state index in [1.165, 1.54) is 372 Å². The fraction of sp³-hybridized carbons (Fsp3) is 0.949. The fourth-order valence-electron chi connectivity index (χ4n) is 12.6. The number of aliphatic hydroxyl groups is 2. The lowest BCUT2D eigenvalue weighted by Gasteiger charge is -2.22. The van der Waals surface area contributed by atoms with Gasteiger partial charge >= 0.3 is 5.97 Å². The average Bonchev–Trinajstić information content (AvgIpc) is 3.51. The van der Waals surface area contributed by atoms with Crippen molar-refractivity contribution < 1.29 is 24.5 Å². The Hall–Kier alpha value is -1.40. The van der Waals surface area contributed by atoms with Crippen molar-refractivity contribution in [3.63, 3.8) is 0 Å². The number of carbonyl (C=O) groups excluding carboxylic acids is 2. The normalized spacial score (nSPS) is 12.5. The van der Waals surface area contributed by atoms with Crippen molar-refractivity contribution >= 4 is 11.9 Å². The Bertz CT molecular complexity index is 1270. The first kappa shape index (κ1) is 82.6. The summed E-state index contributed by atoms with van der Waals surface area (Å²) in [6.45, 7) is 5.00. The standard InChI is InChI=1S/C78H153NO5/c1-3-5-7-9-11-13-15-17-19-21-23-24-25-26-29-32-35-38-42-46-50-54-58-62-66-70-76(81)75(74-80)79-77(82)71-67-63-59-55-51-47-43-39-36-33-30-27-28-31-34-37-41-45-49-53-57-61-65-69-73-84-78(83)72-68-64-60-56-52-48-44-40-22-20-18-16-14-12-10-8-6-4-2/h20,22,75-76,80-81H,3-19,21,23-74H2,1-2H3,(H,79,82)/b22-20-. The molecule has 2 unspecified atom stereocenters. The van der Waals surface area contributed by atoms with E-state index in [1.807, 2.05) is 0 Å². The number of ether oxygens (including phenoxy) is 1. The van der Waals surface area contributed by atoms with Crippen molar-refractivity contribution in [3.05, 3.63) is 12.2 Å². The van der Waals surface area contributed by atoms with Gasteiger partial charge < -0.3 is 20.3 Å². The molecular formula is C78H153NO5. The SMILES string of the molecule is CCCCCCCCC/C=C\CCCCCCCCCC(=O)OCCCCCCCCCCCCCCCCCCCCCCCCCCC(=O)NC(CO)C(O)CCCCCCCCCCCCCCCCCCCCCCCCCCC. The number of nitrogens with one attached hydrogen (secondary N) is 1. The maximum atomic E-state index is 12.6. The predicted octanol–water partition coefficient (Wildman–Crippen LogP) is 25.5. The molecule has 0 saturated heterocycles. The smallest absolute Gasteiger partial charge is 0.305 e. The monoisotopic (exact) mass is 1180 g/mol. The van der Waals surface area contributed by atoms with Crippen molar-refractivity contribution in [1.29, 1.82) is 0 Å². The molecule has 2 atom stereocenters. The second-order valence-corrected chi connectivity index (χ2v) is 27.0. The zero-order valence-corrected chi connectivity index (χ0v) is 57.4. The molecule has 6 heteroatoms. The van der Waals surface area contributed by atoms with Gasteiger partial charge in [0.15, 0.2) is 0 Å². The fourth-order valence-corrected chi connectivity index (χ4v) is 12.6. The summed E-state index contributed by atoms with van der Waals surface area (Å²) in [6, 6.07) is -0.542. The minimum absolute atomic E-state index is 0.0142. The van der Waals surface area contributed by atoms with Crippen LogP contribution in [0.2, 0.25) is 0 Å². The Labute approximate surface area is 527 Å². The summed E-state index contributed by atoms with van der Waals surface area (Å²) in [5, 5.41) is 23.5. The first-order valence-electron chi connectivity index (χ1n) is 38.9. The van der Waals surface area contributed by atoms with Crippen LogP contribution in [0, 0.1) is 0 Å². The molecule has 0 aliphatic heterocycles. The van der Waals surface area contributed by atoms with Gasteiger partial charge in [0.05, 0.1) is 25.4 Å². The van der Waals surface area contributed by atoms with Crippen molar-refractivity contribution in [3.8, 4) is 0 Å². The van der Waals surface area contributed by atoms with E-state index < -0.39 is 12.1 Å². The molecule has 0 saturated carbocycles. The van der Waals surface area contributed by atoms with Crippen molar-refractivity contribution in [2.24, 2.45) is 0 Å². The zero-order valence-electron chi connectivity index (χ0n) is 57.4. The molecule has 0 aromatic rings. The molecule has 0 aliphatic rings. The summed E-state index contributed by atoms with van der Waals surface area (Å²) in [4.78, 5) is 24.7. The number of aliphatic hydroxyl groups excluding tert-OH is 2. The van der Waals surface area contributed by atoms with E-state index in [9.17, 15) is 19.8 Å². The van der Waals surface area contributed by atoms with Gasteiger partial charge in [-0.15, -0.1) is 0 Å². The van der Waals surface area contributed by atoms with E-state index in [-0.39, 0.29) is 18.5 Å². The van der Waals surface area contributed by atoms with Crippen LogP contribution in [-0.4, -0.2) is 47.4 Å². The Kier molecular flexibility index (Phi) is 72.8. The molecule has 84 heavy (non-hydrogen) atoms. The summed E-state index contributed by atoms with van der Waals surface area (Å²) < 4.78 is 5.51. The van der Waals surface area contributed by atoms with Gasteiger partial charge in [-0.3, -0.25) is 9.59 Å². The number of hydrogen-bond acceptors (Lipinski definition) is 5. The van der Waals surface area contributed by atoms with Crippen LogP contribution in [0.4, 0.5) is 0 Å². The Morgan fingerprint density at radius 3 is 0.845 bits per heavy atom. The van der Waals surface area contributed by atoms with E-state index in [1.54, 1.807) is 0 Å². The van der Waals surface area contributed by atoms with Crippen LogP contribution in [0.3, 0.4) is 0 Å². The molecule has 0 radical (unpaired) electrons. The number of carbonyl (C=O) groups is 2. The van der Waals surface area contributed by atoms with Crippen molar-refractivity contribution in [2.75, 3.05) is 13.2 Å². The van der Waals surface area contributed by atoms with E-state index >= 15 is 0 Å². The molecule has 3 N–H and O–H groups in total. The van der Waals surface area contributed by atoms with Gasteiger partial charge in [-0.05, 0) is 51.4 Å². The lowest BCUT2D eigenvalue weighted by atomic mass is 10.0. The van der Waals surface area contributed by atoms with Gasteiger partial charge in [-0.25, -0.2) is 0 Å². The highest BCUT2D eigenvalue weighted by atomic mass is 16.5. The summed E-state index contributed by atoms with van der Waals surface area (Å²) in [5.74, 6) is -0.0135. The van der Waals surface area contributed by atoms with Crippen LogP contribution in [0.25, 0.3) is 0 Å². The maximum Gasteiger partial charge on any atom is 0.305 e. The molecule has 6 nitrogen and oxygen atoms in total. The van der Waals surface area contributed by atoms with Crippen LogP contribution >= 0.6 is 0 Å². The quantitative estimate of drug-likeness (QED) is 0.0320. The van der Waals surface area contributed by atoms with Crippen LogP contribution in [0.1, 0.15) is 450 Å². The summed E-state index contributed by atoms with van der Waals surface area (Å²) in [7, 11) is 0. The Morgan fingerprint density at radius 2 is 0.560 bits per heavy atom. The van der Waals surface area contributed by atoms with Gasteiger partial charge in [0.2, 0.25) is 5.91 Å². The Balaban J connectivity index is 3.36. The number of esters is 1. The molecule has 0 bridgehead atoms. The van der Waals surface area contributed by atoms with Crippen LogP contribution in [0.15, 0.2) is 12.2 Å². The number of hydrogen-bond donors (Lipinski definition) is 3. The van der Waals surface area contributed by atoms with Crippen LogP contribution in [-0.2, 0) is 14.3 Å². The van der Waals surface area contributed by atoms with Crippen LogP contribution < -0.4 is 5.32 Å². The molecule has 0 heterocycles. The molecule has 500 valence electrons. The molecule has 0 fully saturated rings. The van der Waals surface area contributed by atoms with Gasteiger partial charge in [-0.1, -0.05) is 398 Å². The van der Waals surface area contributed by atoms with Gasteiger partial charge in [0.1, 0.15) is 0 Å². The molecule has 0 aromatic heterocycles. The first-order chi connectivity index (χ1) is 41.5. The highest BCUT2D eigenvalue weighted by Gasteiger charge is 2.20. The second kappa shape index (κ2) is 74.1. The molecule has 0 rings (SSSR count). The lowest BCUT2D eigenvalue weighted by molar-refractivity contribution is -0.143. The number of allylic oxidation sites excluding steroid dienone is 2. The van der Waals surface area contributed by atoms with Gasteiger partial charge in [-0.2, -0.15) is 0 Å².